The molecule has 1 spiro atoms. The third-order valence-corrected chi connectivity index (χ3v) is 12.1. The van der Waals surface area contributed by atoms with Crippen LogP contribution in [-0.2, 0) is 11.8 Å². The molecule has 252 valence electrons. The highest BCUT2D eigenvalue weighted by Crippen LogP contribution is 2.60. The maximum atomic E-state index is 4.70. The molecule has 5 aromatic carbocycles. The number of rotatable bonds is 3. The Hall–Kier alpha value is -5.63. The highest BCUT2D eigenvalue weighted by molar-refractivity contribution is 8.07. The highest BCUT2D eigenvalue weighted by Gasteiger charge is 2.47. The summed E-state index contributed by atoms with van der Waals surface area (Å²) in [5.41, 5.74) is 16.9. The molecule has 1 heterocycles. The van der Waals surface area contributed by atoms with Crippen molar-refractivity contribution in [3.8, 4) is 33.4 Å². The molecule has 0 saturated heterocycles. The SMILES string of the molecule is C=C.C=C/C1=C(\C=C/C)SC(=C)/C(c2cccc3c2-c2ccccc2C32C/C=C\C=C/Cc3c2cc2c4c(cccc34)-c3ccccc3-2)=C\C=C/C1. The van der Waals surface area contributed by atoms with Gasteiger partial charge in [-0.05, 0) is 115 Å². The smallest absolute Gasteiger partial charge is 0.0501 e. The fourth-order valence-corrected chi connectivity index (χ4v) is 9.96. The first-order chi connectivity index (χ1) is 25.7. The average Bonchev–Trinajstić information content (AvgIpc) is 3.71. The van der Waals surface area contributed by atoms with Crippen molar-refractivity contribution in [2.24, 2.45) is 0 Å². The summed E-state index contributed by atoms with van der Waals surface area (Å²) in [5.74, 6) is 0. The first kappa shape index (κ1) is 33.5. The van der Waals surface area contributed by atoms with Gasteiger partial charge in [0.05, 0.1) is 5.41 Å². The third-order valence-electron chi connectivity index (χ3n) is 11.0. The van der Waals surface area contributed by atoms with Crippen LogP contribution in [0.15, 0.2) is 193 Å². The number of thioether (sulfide) groups is 1. The second kappa shape index (κ2) is 13.8. The van der Waals surface area contributed by atoms with Crippen molar-refractivity contribution in [3.63, 3.8) is 0 Å². The van der Waals surface area contributed by atoms with Crippen molar-refractivity contribution >= 4 is 28.1 Å². The molecule has 0 radical (unpaired) electrons. The Morgan fingerprint density at radius 1 is 0.673 bits per heavy atom. The Morgan fingerprint density at radius 2 is 1.35 bits per heavy atom. The van der Waals surface area contributed by atoms with Crippen LogP contribution in [0.25, 0.3) is 49.7 Å². The lowest BCUT2D eigenvalue weighted by molar-refractivity contribution is 0.640. The van der Waals surface area contributed by atoms with Crippen molar-refractivity contribution in [3.05, 3.63) is 221 Å². The van der Waals surface area contributed by atoms with Crippen LogP contribution in [0.3, 0.4) is 0 Å². The molecule has 1 unspecified atom stereocenters. The van der Waals surface area contributed by atoms with Gasteiger partial charge in [-0.1, -0.05) is 171 Å². The largest absolute Gasteiger partial charge is 0.106 e. The number of hydrogen-bond donors (Lipinski definition) is 0. The molecular weight excluding hydrogens is 645 g/mol. The lowest BCUT2D eigenvalue weighted by Crippen LogP contribution is -2.28. The monoisotopic (exact) mass is 686 g/mol. The van der Waals surface area contributed by atoms with E-state index in [2.05, 4.69) is 172 Å². The van der Waals surface area contributed by atoms with E-state index in [1.165, 1.54) is 88.0 Å². The van der Waals surface area contributed by atoms with Crippen LogP contribution in [0.5, 0.6) is 0 Å². The van der Waals surface area contributed by atoms with E-state index in [1.807, 2.05) is 6.08 Å². The zero-order valence-electron chi connectivity index (χ0n) is 29.8. The van der Waals surface area contributed by atoms with E-state index in [9.17, 15) is 0 Å². The molecule has 3 aliphatic carbocycles. The van der Waals surface area contributed by atoms with E-state index in [4.69, 9.17) is 6.58 Å². The molecule has 0 N–H and O–H groups in total. The predicted molar refractivity (Wildman–Crippen MR) is 228 cm³/mol. The van der Waals surface area contributed by atoms with E-state index in [-0.39, 0.29) is 5.41 Å². The second-order valence-corrected chi connectivity index (χ2v) is 14.6. The second-order valence-electron chi connectivity index (χ2n) is 13.5. The van der Waals surface area contributed by atoms with Gasteiger partial charge in [-0.25, -0.2) is 0 Å². The Labute approximate surface area is 313 Å². The zero-order valence-corrected chi connectivity index (χ0v) is 30.6. The summed E-state index contributed by atoms with van der Waals surface area (Å²) in [6.07, 6.45) is 24.8. The molecular formula is C51H42S. The molecule has 52 heavy (non-hydrogen) atoms. The van der Waals surface area contributed by atoms with Gasteiger partial charge in [-0.2, -0.15) is 0 Å². The molecule has 1 aliphatic heterocycles. The van der Waals surface area contributed by atoms with E-state index >= 15 is 0 Å². The van der Waals surface area contributed by atoms with Crippen LogP contribution in [0.2, 0.25) is 0 Å². The van der Waals surface area contributed by atoms with E-state index in [0.29, 0.717) is 0 Å². The first-order valence-corrected chi connectivity index (χ1v) is 18.9. The first-order valence-electron chi connectivity index (χ1n) is 18.1. The van der Waals surface area contributed by atoms with Gasteiger partial charge in [-0.15, -0.1) is 13.2 Å². The number of allylic oxidation sites excluding steroid dienone is 12. The normalized spacial score (nSPS) is 22.5. The Balaban J connectivity index is 0.00000190. The molecule has 0 aromatic heterocycles. The number of fused-ring (bicyclic) bond motifs is 11. The van der Waals surface area contributed by atoms with Crippen LogP contribution >= 0.6 is 11.8 Å². The Bertz CT molecular complexity index is 2490. The quantitative estimate of drug-likeness (QED) is 0.167. The zero-order chi connectivity index (χ0) is 35.8. The fraction of sp³-hybridized carbons (Fsp3) is 0.0980. The summed E-state index contributed by atoms with van der Waals surface area (Å²) < 4.78 is 0. The number of benzene rings is 5. The van der Waals surface area contributed by atoms with Crippen LogP contribution in [0.1, 0.15) is 47.6 Å². The summed E-state index contributed by atoms with van der Waals surface area (Å²) in [5, 5.41) is 2.76. The van der Waals surface area contributed by atoms with Gasteiger partial charge in [0.15, 0.2) is 0 Å². The summed E-state index contributed by atoms with van der Waals surface area (Å²) in [6.45, 7) is 16.9. The van der Waals surface area contributed by atoms with E-state index in [0.717, 1.165) is 24.2 Å². The molecule has 0 fully saturated rings. The van der Waals surface area contributed by atoms with Gasteiger partial charge in [0.25, 0.3) is 0 Å². The standard InChI is InChI=1S/C49H38S.C2H4/c1-4-18-46-33(5-2)19-9-10-20-34(32(3)50-46)38-27-17-29-44-48(38)41-24-13-14-28-43(41)49(44)30-15-7-6-8-23-37-40-26-16-25-39-35-21-11-12-22-36(35)42(47(39)40)31-45(37)49;1-2/h4-18,20-22,24-29,31H,2-3,19,23,30H2,1H3;1-2H2/b8-6-,10-9-,15-7-,18-4-,34-20+,46-33-;. The van der Waals surface area contributed by atoms with Gasteiger partial charge in [-0.3, -0.25) is 0 Å². The van der Waals surface area contributed by atoms with Crippen molar-refractivity contribution in [2.75, 3.05) is 0 Å². The van der Waals surface area contributed by atoms with Crippen molar-refractivity contribution < 1.29 is 0 Å². The molecule has 0 amide bonds. The maximum absolute atomic E-state index is 4.70. The van der Waals surface area contributed by atoms with E-state index in [1.54, 1.807) is 11.8 Å². The third kappa shape index (κ3) is 5.06. The summed E-state index contributed by atoms with van der Waals surface area (Å²) >= 11 is 1.75. The van der Waals surface area contributed by atoms with Crippen LogP contribution < -0.4 is 0 Å². The minimum atomic E-state index is -0.368. The topological polar surface area (TPSA) is 0 Å². The predicted octanol–water partition coefficient (Wildman–Crippen LogP) is 14.3. The van der Waals surface area contributed by atoms with Gasteiger partial charge < -0.3 is 0 Å². The molecule has 0 bridgehead atoms. The lowest BCUT2D eigenvalue weighted by Gasteiger charge is -2.35. The van der Waals surface area contributed by atoms with Crippen LogP contribution in [-0.4, -0.2) is 0 Å². The van der Waals surface area contributed by atoms with Gasteiger partial charge in [0.1, 0.15) is 0 Å². The molecule has 1 heteroatoms. The van der Waals surface area contributed by atoms with E-state index < -0.39 is 0 Å². The minimum absolute atomic E-state index is 0.368. The highest BCUT2D eigenvalue weighted by atomic mass is 32.2. The van der Waals surface area contributed by atoms with Crippen molar-refractivity contribution in [2.45, 2.75) is 31.6 Å². The fourth-order valence-electron chi connectivity index (χ4n) is 8.90. The molecule has 9 rings (SSSR count). The van der Waals surface area contributed by atoms with Gasteiger partial charge >= 0.3 is 0 Å². The minimum Gasteiger partial charge on any atom is -0.106 e. The van der Waals surface area contributed by atoms with Gasteiger partial charge in [0.2, 0.25) is 0 Å². The summed E-state index contributed by atoms with van der Waals surface area (Å²) in [6, 6.07) is 34.6. The molecule has 0 saturated carbocycles. The Kier molecular flexibility index (Phi) is 8.91. The number of hydrogen-bond acceptors (Lipinski definition) is 1. The Morgan fingerprint density at radius 3 is 2.15 bits per heavy atom. The summed E-state index contributed by atoms with van der Waals surface area (Å²) in [4.78, 5) is 2.24. The van der Waals surface area contributed by atoms with Crippen LogP contribution in [0.4, 0.5) is 0 Å². The van der Waals surface area contributed by atoms with Crippen LogP contribution in [0, 0.1) is 0 Å². The van der Waals surface area contributed by atoms with Gasteiger partial charge in [0, 0.05) is 9.81 Å². The molecule has 4 aliphatic rings. The lowest BCUT2D eigenvalue weighted by atomic mass is 9.67. The average molecular weight is 687 g/mol. The molecule has 5 aromatic rings. The van der Waals surface area contributed by atoms with Crippen molar-refractivity contribution in [1.82, 2.24) is 0 Å². The molecule has 1 atom stereocenters. The van der Waals surface area contributed by atoms with Crippen molar-refractivity contribution in [1.29, 1.82) is 0 Å². The molecule has 0 nitrogen and oxygen atoms in total. The maximum Gasteiger partial charge on any atom is 0.0501 e. The summed E-state index contributed by atoms with van der Waals surface area (Å²) in [7, 11) is 0.